The van der Waals surface area contributed by atoms with Gasteiger partial charge in [-0.1, -0.05) is 59.0 Å². The lowest BCUT2D eigenvalue weighted by atomic mass is 10.0. The first-order chi connectivity index (χ1) is 10.1. The Morgan fingerprint density at radius 2 is 1.61 bits per heavy atom. The number of hydrogen-bond acceptors (Lipinski definition) is 3. The molecule has 0 aliphatic rings. The number of fused-ring (bicyclic) bond motifs is 1. The fourth-order valence-electron chi connectivity index (χ4n) is 2.15. The molecule has 0 unspecified atom stereocenters. The van der Waals surface area contributed by atoms with Gasteiger partial charge in [-0.3, -0.25) is 0 Å². The van der Waals surface area contributed by atoms with E-state index in [-0.39, 0.29) is 20.6 Å². The second-order valence-electron chi connectivity index (χ2n) is 4.48. The SMILES string of the molecule is C.C.CC.Cc1ccccc1-c1cc2ccc(O)cc2c(=O)o1. The van der Waals surface area contributed by atoms with Crippen molar-refractivity contribution in [3.63, 3.8) is 0 Å². The molecule has 3 aromatic rings. The highest BCUT2D eigenvalue weighted by molar-refractivity contribution is 5.85. The van der Waals surface area contributed by atoms with Gasteiger partial charge in [0.15, 0.2) is 0 Å². The number of aryl methyl sites for hydroxylation is 1. The Balaban J connectivity index is 0.00000117. The quantitative estimate of drug-likeness (QED) is 0.620. The van der Waals surface area contributed by atoms with E-state index in [2.05, 4.69) is 0 Å². The second kappa shape index (κ2) is 8.79. The number of phenolic OH excluding ortho intramolecular Hbond substituents is 1. The Morgan fingerprint density at radius 3 is 2.26 bits per heavy atom. The van der Waals surface area contributed by atoms with Crippen LogP contribution in [0.15, 0.2) is 57.7 Å². The van der Waals surface area contributed by atoms with Crippen molar-refractivity contribution in [3.8, 4) is 17.1 Å². The van der Waals surface area contributed by atoms with Crippen molar-refractivity contribution < 1.29 is 9.52 Å². The third kappa shape index (κ3) is 4.22. The number of benzene rings is 2. The lowest BCUT2D eigenvalue weighted by Crippen LogP contribution is -2.00. The molecule has 2 aromatic carbocycles. The van der Waals surface area contributed by atoms with Crippen molar-refractivity contribution in [2.75, 3.05) is 0 Å². The smallest absolute Gasteiger partial charge is 0.344 e. The van der Waals surface area contributed by atoms with E-state index in [4.69, 9.17) is 4.42 Å². The molecule has 0 saturated carbocycles. The van der Waals surface area contributed by atoms with Crippen LogP contribution >= 0.6 is 0 Å². The van der Waals surface area contributed by atoms with E-state index in [1.807, 2.05) is 51.1 Å². The van der Waals surface area contributed by atoms with Crippen molar-refractivity contribution in [3.05, 3.63) is 64.5 Å². The van der Waals surface area contributed by atoms with Crippen LogP contribution in [0.1, 0.15) is 34.3 Å². The van der Waals surface area contributed by atoms with Crippen molar-refractivity contribution in [2.45, 2.75) is 35.6 Å². The van der Waals surface area contributed by atoms with Gasteiger partial charge in [-0.15, -0.1) is 0 Å². The lowest BCUT2D eigenvalue weighted by Gasteiger charge is -2.05. The average Bonchev–Trinajstić information content (AvgIpc) is 2.50. The monoisotopic (exact) mass is 314 g/mol. The Morgan fingerprint density at radius 1 is 0.957 bits per heavy atom. The first-order valence-corrected chi connectivity index (χ1v) is 6.98. The molecule has 0 atom stereocenters. The van der Waals surface area contributed by atoms with Crippen LogP contribution in [0.5, 0.6) is 5.75 Å². The van der Waals surface area contributed by atoms with Crippen molar-refractivity contribution >= 4 is 10.8 Å². The summed E-state index contributed by atoms with van der Waals surface area (Å²) >= 11 is 0. The minimum atomic E-state index is -0.438. The highest BCUT2D eigenvalue weighted by atomic mass is 16.4. The molecule has 0 radical (unpaired) electrons. The summed E-state index contributed by atoms with van der Waals surface area (Å²) in [5, 5.41) is 10.5. The van der Waals surface area contributed by atoms with Crippen LogP contribution < -0.4 is 5.63 Å². The van der Waals surface area contributed by atoms with E-state index in [0.29, 0.717) is 11.1 Å². The van der Waals surface area contributed by atoms with Gasteiger partial charge in [0.1, 0.15) is 11.5 Å². The molecule has 0 amide bonds. The molecular formula is C20H26O3. The molecule has 0 bridgehead atoms. The van der Waals surface area contributed by atoms with Gasteiger partial charge in [0.2, 0.25) is 0 Å². The van der Waals surface area contributed by atoms with Gasteiger partial charge in [-0.25, -0.2) is 4.79 Å². The molecule has 23 heavy (non-hydrogen) atoms. The second-order valence-corrected chi connectivity index (χ2v) is 4.48. The Labute approximate surface area is 138 Å². The van der Waals surface area contributed by atoms with Crippen LogP contribution in [0.3, 0.4) is 0 Å². The summed E-state index contributed by atoms with van der Waals surface area (Å²) in [7, 11) is 0. The summed E-state index contributed by atoms with van der Waals surface area (Å²) in [5.74, 6) is 0.602. The van der Waals surface area contributed by atoms with Gasteiger partial charge in [0.25, 0.3) is 0 Å². The average molecular weight is 314 g/mol. The van der Waals surface area contributed by atoms with Gasteiger partial charge in [-0.2, -0.15) is 0 Å². The molecule has 3 heteroatoms. The van der Waals surface area contributed by atoms with Crippen LogP contribution in [-0.4, -0.2) is 5.11 Å². The maximum absolute atomic E-state index is 12.0. The van der Waals surface area contributed by atoms with Crippen molar-refractivity contribution in [1.29, 1.82) is 0 Å². The predicted molar refractivity (Wildman–Crippen MR) is 99.1 cm³/mol. The summed E-state index contributed by atoms with van der Waals surface area (Å²) in [6.45, 7) is 5.97. The first kappa shape index (κ1) is 20.5. The molecule has 0 aliphatic carbocycles. The third-order valence-corrected chi connectivity index (χ3v) is 3.16. The van der Waals surface area contributed by atoms with Crippen LogP contribution in [-0.2, 0) is 0 Å². The van der Waals surface area contributed by atoms with E-state index < -0.39 is 5.63 Å². The molecule has 3 nitrogen and oxygen atoms in total. The number of aromatic hydroxyl groups is 1. The molecule has 1 aromatic heterocycles. The van der Waals surface area contributed by atoms with Crippen LogP contribution in [0, 0.1) is 6.92 Å². The topological polar surface area (TPSA) is 50.4 Å². The van der Waals surface area contributed by atoms with Crippen LogP contribution in [0.2, 0.25) is 0 Å². The normalized spacial score (nSPS) is 9.17. The Kier molecular flexibility index (Phi) is 7.81. The molecule has 1 heterocycles. The van der Waals surface area contributed by atoms with E-state index >= 15 is 0 Å². The summed E-state index contributed by atoms with van der Waals surface area (Å²) in [6.07, 6.45) is 0. The third-order valence-electron chi connectivity index (χ3n) is 3.16. The summed E-state index contributed by atoms with van der Waals surface area (Å²) < 4.78 is 5.35. The zero-order valence-electron chi connectivity index (χ0n) is 12.4. The molecule has 0 aliphatic heterocycles. The van der Waals surface area contributed by atoms with Gasteiger partial charge < -0.3 is 9.52 Å². The fourth-order valence-corrected chi connectivity index (χ4v) is 2.15. The number of hydrogen-bond donors (Lipinski definition) is 1. The first-order valence-electron chi connectivity index (χ1n) is 6.98. The standard InChI is InChI=1S/C16H12O3.C2H6.2CH4/c1-10-4-2-3-5-13(10)15-8-11-6-7-12(17)9-14(11)16(18)19-15;1-2;;/h2-9,17H,1H3;1-2H3;2*1H4. The van der Waals surface area contributed by atoms with Gasteiger partial charge >= 0.3 is 5.63 Å². The molecule has 1 N–H and O–H groups in total. The van der Waals surface area contributed by atoms with E-state index in [1.54, 1.807) is 12.1 Å². The van der Waals surface area contributed by atoms with Crippen LogP contribution in [0.4, 0.5) is 0 Å². The fraction of sp³-hybridized carbons (Fsp3) is 0.250. The molecular weight excluding hydrogens is 288 g/mol. The summed E-state index contributed by atoms with van der Waals surface area (Å²) in [4.78, 5) is 12.0. The maximum Gasteiger partial charge on any atom is 0.344 e. The highest BCUT2D eigenvalue weighted by Crippen LogP contribution is 2.26. The Hall–Kier alpha value is -2.55. The van der Waals surface area contributed by atoms with Gasteiger partial charge in [0.05, 0.1) is 5.39 Å². The highest BCUT2D eigenvalue weighted by Gasteiger charge is 2.08. The van der Waals surface area contributed by atoms with E-state index in [1.165, 1.54) is 6.07 Å². The molecule has 0 spiro atoms. The number of phenols is 1. The lowest BCUT2D eigenvalue weighted by molar-refractivity contribution is 0.475. The van der Waals surface area contributed by atoms with E-state index in [9.17, 15) is 9.90 Å². The van der Waals surface area contributed by atoms with Crippen LogP contribution in [0.25, 0.3) is 22.1 Å². The Bertz CT molecular complexity index is 816. The molecule has 0 saturated heterocycles. The molecule has 124 valence electrons. The predicted octanol–water partition coefficient (Wildman–Crippen LogP) is 5.77. The van der Waals surface area contributed by atoms with Crippen molar-refractivity contribution in [2.24, 2.45) is 0 Å². The maximum atomic E-state index is 12.0. The van der Waals surface area contributed by atoms with E-state index in [0.717, 1.165) is 16.5 Å². The largest absolute Gasteiger partial charge is 0.508 e. The van der Waals surface area contributed by atoms with Gasteiger partial charge in [-0.05, 0) is 36.1 Å². The van der Waals surface area contributed by atoms with Crippen molar-refractivity contribution in [1.82, 2.24) is 0 Å². The molecule has 3 rings (SSSR count). The zero-order chi connectivity index (χ0) is 15.4. The minimum absolute atomic E-state index is 0. The summed E-state index contributed by atoms with van der Waals surface area (Å²) in [5.41, 5.74) is 1.50. The van der Waals surface area contributed by atoms with Gasteiger partial charge in [0, 0.05) is 5.56 Å². The minimum Gasteiger partial charge on any atom is -0.508 e. The number of rotatable bonds is 1. The molecule has 0 fully saturated rings. The zero-order valence-corrected chi connectivity index (χ0v) is 12.4. The summed E-state index contributed by atoms with van der Waals surface area (Å²) in [6, 6.07) is 14.2.